The molecule has 8 heteroatoms. The van der Waals surface area contributed by atoms with E-state index in [1.165, 1.54) is 10.6 Å². The molecule has 0 aliphatic rings. The summed E-state index contributed by atoms with van der Waals surface area (Å²) in [6.07, 6.45) is 1.63. The fourth-order valence-corrected chi connectivity index (χ4v) is 5.07. The lowest BCUT2D eigenvalue weighted by Gasteiger charge is -2.32. The molecule has 1 atom stereocenters. The van der Waals surface area contributed by atoms with Gasteiger partial charge in [-0.05, 0) is 77.6 Å². The molecule has 2 aromatic carbocycles. The van der Waals surface area contributed by atoms with Crippen LogP contribution >= 0.6 is 0 Å². The van der Waals surface area contributed by atoms with Crippen LogP contribution in [-0.4, -0.2) is 49.5 Å². The van der Waals surface area contributed by atoms with E-state index in [1.807, 2.05) is 77.9 Å². The van der Waals surface area contributed by atoms with E-state index in [2.05, 4.69) is 5.32 Å². The van der Waals surface area contributed by atoms with Gasteiger partial charge < -0.3 is 10.2 Å². The first-order valence-electron chi connectivity index (χ1n) is 12.3. The molecule has 0 aliphatic heterocycles. The summed E-state index contributed by atoms with van der Waals surface area (Å²) >= 11 is 0. The highest BCUT2D eigenvalue weighted by Gasteiger charge is 2.29. The molecule has 0 saturated carbocycles. The maximum absolute atomic E-state index is 13.4. The van der Waals surface area contributed by atoms with Gasteiger partial charge in [-0.25, -0.2) is 8.42 Å². The SMILES string of the molecule is Cc1cccc(CN(C(=O)CCCN(c2cccc(C)c2C)S(C)(=O)=O)[C@H](C)C(=O)NC(C)(C)C)c1. The van der Waals surface area contributed by atoms with Crippen molar-refractivity contribution in [1.82, 2.24) is 10.2 Å². The molecule has 36 heavy (non-hydrogen) atoms. The molecule has 1 N–H and O–H groups in total. The van der Waals surface area contributed by atoms with Crippen LogP contribution in [0.3, 0.4) is 0 Å². The van der Waals surface area contributed by atoms with Gasteiger partial charge >= 0.3 is 0 Å². The van der Waals surface area contributed by atoms with Crippen LogP contribution in [0, 0.1) is 20.8 Å². The summed E-state index contributed by atoms with van der Waals surface area (Å²) in [4.78, 5) is 27.9. The fraction of sp³-hybridized carbons (Fsp3) is 0.500. The third-order valence-electron chi connectivity index (χ3n) is 6.10. The van der Waals surface area contributed by atoms with Crippen molar-refractivity contribution in [2.75, 3.05) is 17.1 Å². The number of aryl methyl sites for hydroxylation is 2. The Labute approximate surface area is 216 Å². The van der Waals surface area contributed by atoms with Crippen LogP contribution in [0.15, 0.2) is 42.5 Å². The number of benzene rings is 2. The number of nitrogens with zero attached hydrogens (tertiary/aromatic N) is 2. The summed E-state index contributed by atoms with van der Waals surface area (Å²) in [5.74, 6) is -0.417. The summed E-state index contributed by atoms with van der Waals surface area (Å²) in [6.45, 7) is 13.7. The number of anilines is 1. The first-order valence-corrected chi connectivity index (χ1v) is 14.2. The van der Waals surface area contributed by atoms with Gasteiger partial charge in [0.1, 0.15) is 6.04 Å². The van der Waals surface area contributed by atoms with Crippen LogP contribution in [0.1, 0.15) is 62.8 Å². The molecular formula is C28H41N3O4S. The summed E-state index contributed by atoms with van der Waals surface area (Å²) in [5, 5.41) is 2.96. The van der Waals surface area contributed by atoms with Crippen LogP contribution in [-0.2, 0) is 26.2 Å². The van der Waals surface area contributed by atoms with Crippen LogP contribution in [0.2, 0.25) is 0 Å². The highest BCUT2D eigenvalue weighted by atomic mass is 32.2. The Morgan fingerprint density at radius 1 is 1.03 bits per heavy atom. The third-order valence-corrected chi connectivity index (χ3v) is 7.28. The molecule has 0 aromatic heterocycles. The second-order valence-electron chi connectivity index (χ2n) is 10.6. The van der Waals surface area contributed by atoms with Crippen LogP contribution in [0.4, 0.5) is 5.69 Å². The normalized spacial score (nSPS) is 12.7. The Kier molecular flexibility index (Phi) is 9.71. The summed E-state index contributed by atoms with van der Waals surface area (Å²) < 4.78 is 26.5. The second-order valence-corrected chi connectivity index (χ2v) is 12.5. The van der Waals surface area contributed by atoms with E-state index in [-0.39, 0.29) is 24.8 Å². The van der Waals surface area contributed by atoms with Crippen molar-refractivity contribution in [3.05, 3.63) is 64.7 Å². The Balaban J connectivity index is 2.23. The molecule has 0 radical (unpaired) electrons. The van der Waals surface area contributed by atoms with Crippen molar-refractivity contribution in [2.45, 2.75) is 79.4 Å². The van der Waals surface area contributed by atoms with E-state index >= 15 is 0 Å². The molecule has 0 bridgehead atoms. The number of hydrogen-bond acceptors (Lipinski definition) is 4. The molecule has 198 valence electrons. The molecule has 0 unspecified atom stereocenters. The van der Waals surface area contributed by atoms with Crippen LogP contribution in [0.5, 0.6) is 0 Å². The zero-order valence-electron chi connectivity index (χ0n) is 22.9. The summed E-state index contributed by atoms with van der Waals surface area (Å²) in [7, 11) is -3.53. The van der Waals surface area contributed by atoms with E-state index in [4.69, 9.17) is 0 Å². The smallest absolute Gasteiger partial charge is 0.242 e. The quantitative estimate of drug-likeness (QED) is 0.505. The van der Waals surface area contributed by atoms with Gasteiger partial charge in [-0.15, -0.1) is 0 Å². The lowest BCUT2D eigenvalue weighted by molar-refractivity contribution is -0.141. The number of rotatable bonds is 10. The minimum atomic E-state index is -3.53. The average molecular weight is 516 g/mol. The minimum absolute atomic E-state index is 0.121. The van der Waals surface area contributed by atoms with Crippen molar-refractivity contribution in [3.8, 4) is 0 Å². The van der Waals surface area contributed by atoms with Crippen LogP contribution in [0.25, 0.3) is 0 Å². The van der Waals surface area contributed by atoms with Gasteiger partial charge in [0.2, 0.25) is 21.8 Å². The van der Waals surface area contributed by atoms with Gasteiger partial charge in [-0.3, -0.25) is 13.9 Å². The summed E-state index contributed by atoms with van der Waals surface area (Å²) in [6, 6.07) is 12.7. The van der Waals surface area contributed by atoms with Crippen molar-refractivity contribution in [1.29, 1.82) is 0 Å². The van der Waals surface area contributed by atoms with Gasteiger partial charge in [0.15, 0.2) is 0 Å². The minimum Gasteiger partial charge on any atom is -0.350 e. The molecule has 0 aliphatic carbocycles. The number of nitrogens with one attached hydrogen (secondary N) is 1. The number of carbonyl (C=O) groups is 2. The van der Waals surface area contributed by atoms with Gasteiger partial charge in [0.25, 0.3) is 0 Å². The predicted molar refractivity (Wildman–Crippen MR) is 146 cm³/mol. The van der Waals surface area contributed by atoms with Gasteiger partial charge in [0, 0.05) is 25.0 Å². The monoisotopic (exact) mass is 515 g/mol. The zero-order chi connectivity index (χ0) is 27.3. The maximum Gasteiger partial charge on any atom is 0.242 e. The van der Waals surface area contributed by atoms with Gasteiger partial charge in [-0.2, -0.15) is 0 Å². The van der Waals surface area contributed by atoms with E-state index in [0.717, 1.165) is 22.3 Å². The predicted octanol–water partition coefficient (Wildman–Crippen LogP) is 4.49. The Morgan fingerprint density at radius 2 is 1.67 bits per heavy atom. The Bertz CT molecular complexity index is 1190. The standard InChI is InChI=1S/C28H41N3O4S/c1-20-12-9-14-24(18-20)19-30(23(4)27(33)29-28(5,6)7)26(32)16-11-17-31(36(8,34)35)25-15-10-13-21(2)22(25)3/h9-10,12-15,18,23H,11,16-17,19H2,1-8H3,(H,29,33)/t23-/m1/s1. The Hall–Kier alpha value is -2.87. The lowest BCUT2D eigenvalue weighted by Crippen LogP contribution is -2.52. The van der Waals surface area contributed by atoms with Crippen LogP contribution < -0.4 is 9.62 Å². The maximum atomic E-state index is 13.4. The molecule has 2 amide bonds. The topological polar surface area (TPSA) is 86.8 Å². The molecule has 2 rings (SSSR count). The highest BCUT2D eigenvalue weighted by molar-refractivity contribution is 7.92. The third kappa shape index (κ3) is 8.36. The molecule has 0 spiro atoms. The lowest BCUT2D eigenvalue weighted by atomic mass is 10.1. The average Bonchev–Trinajstić information content (AvgIpc) is 2.75. The van der Waals surface area contributed by atoms with Gasteiger partial charge in [0.05, 0.1) is 11.9 Å². The highest BCUT2D eigenvalue weighted by Crippen LogP contribution is 2.25. The zero-order valence-corrected chi connectivity index (χ0v) is 23.7. The van der Waals surface area contributed by atoms with E-state index in [1.54, 1.807) is 17.9 Å². The molecular weight excluding hydrogens is 474 g/mol. The molecule has 2 aromatic rings. The fourth-order valence-electron chi connectivity index (χ4n) is 4.05. The number of amides is 2. The van der Waals surface area contributed by atoms with Crippen molar-refractivity contribution < 1.29 is 18.0 Å². The number of hydrogen-bond donors (Lipinski definition) is 1. The number of sulfonamides is 1. The molecule has 7 nitrogen and oxygen atoms in total. The van der Waals surface area contributed by atoms with E-state index in [0.29, 0.717) is 18.7 Å². The van der Waals surface area contributed by atoms with Crippen molar-refractivity contribution in [3.63, 3.8) is 0 Å². The van der Waals surface area contributed by atoms with E-state index in [9.17, 15) is 18.0 Å². The van der Waals surface area contributed by atoms with E-state index < -0.39 is 21.6 Å². The Morgan fingerprint density at radius 3 is 2.25 bits per heavy atom. The van der Waals surface area contributed by atoms with Crippen molar-refractivity contribution >= 4 is 27.5 Å². The largest absolute Gasteiger partial charge is 0.350 e. The van der Waals surface area contributed by atoms with Crippen molar-refractivity contribution in [2.24, 2.45) is 0 Å². The number of carbonyl (C=O) groups excluding carboxylic acids is 2. The second kappa shape index (κ2) is 11.9. The molecule has 0 fully saturated rings. The first-order chi connectivity index (χ1) is 16.6. The first kappa shape index (κ1) is 29.4. The molecule has 0 saturated heterocycles. The summed E-state index contributed by atoms with van der Waals surface area (Å²) in [5.41, 5.74) is 4.10. The molecule has 0 heterocycles. The van der Waals surface area contributed by atoms with Gasteiger partial charge in [-0.1, -0.05) is 42.0 Å².